The van der Waals surface area contributed by atoms with E-state index in [2.05, 4.69) is 20.3 Å². The van der Waals surface area contributed by atoms with Gasteiger partial charge in [0, 0.05) is 28.7 Å². The highest BCUT2D eigenvalue weighted by Crippen LogP contribution is 2.30. The number of hydrogen-bond donors (Lipinski definition) is 2. The quantitative estimate of drug-likeness (QED) is 0.369. The minimum Gasteiger partial charge on any atom is -0.329 e. The summed E-state index contributed by atoms with van der Waals surface area (Å²) in [5, 5.41) is 4.05. The number of aryl methyl sites for hydroxylation is 1. The Morgan fingerprint density at radius 2 is 1.77 bits per heavy atom. The molecule has 4 aromatic rings. The van der Waals surface area contributed by atoms with Crippen LogP contribution in [0.1, 0.15) is 11.5 Å². The molecule has 182 valence electrons. The van der Waals surface area contributed by atoms with E-state index in [1.54, 1.807) is 46.2 Å². The number of alkyl halides is 6. The number of carbonyl (C=O) groups is 1. The van der Waals surface area contributed by atoms with Crippen molar-refractivity contribution in [1.29, 1.82) is 0 Å². The SMILES string of the molecule is Cc1cc(-c2ccn3c(-c4cccc(NC(=O)NCC(F)(F)F)c4)cnc3c2)nc(C(F)(F)F)n1. The zero-order chi connectivity index (χ0) is 25.4. The van der Waals surface area contributed by atoms with Gasteiger partial charge in [-0.15, -0.1) is 0 Å². The first-order valence-electron chi connectivity index (χ1n) is 10.0. The maximum atomic E-state index is 13.1. The smallest absolute Gasteiger partial charge is 0.329 e. The van der Waals surface area contributed by atoms with Gasteiger partial charge in [-0.2, -0.15) is 26.3 Å². The number of carbonyl (C=O) groups excluding carboxylic acids is 1. The van der Waals surface area contributed by atoms with Gasteiger partial charge in [-0.1, -0.05) is 12.1 Å². The summed E-state index contributed by atoms with van der Waals surface area (Å²) in [6, 6.07) is 9.93. The second-order valence-corrected chi connectivity index (χ2v) is 7.51. The summed E-state index contributed by atoms with van der Waals surface area (Å²) < 4.78 is 77.8. The number of hydrogen-bond acceptors (Lipinski definition) is 4. The van der Waals surface area contributed by atoms with Crippen LogP contribution in [0.5, 0.6) is 0 Å². The van der Waals surface area contributed by atoms with E-state index in [4.69, 9.17) is 0 Å². The van der Waals surface area contributed by atoms with E-state index >= 15 is 0 Å². The Morgan fingerprint density at radius 3 is 2.49 bits per heavy atom. The van der Waals surface area contributed by atoms with Crippen molar-refractivity contribution in [2.75, 3.05) is 11.9 Å². The van der Waals surface area contributed by atoms with Crippen molar-refractivity contribution in [2.45, 2.75) is 19.3 Å². The predicted molar refractivity (Wildman–Crippen MR) is 114 cm³/mol. The summed E-state index contributed by atoms with van der Waals surface area (Å²) in [7, 11) is 0. The van der Waals surface area contributed by atoms with Crippen LogP contribution in [0.3, 0.4) is 0 Å². The number of pyridine rings is 1. The first kappa shape index (κ1) is 24.0. The molecular weight excluding hydrogens is 478 g/mol. The third-order valence-corrected chi connectivity index (χ3v) is 4.78. The first-order valence-corrected chi connectivity index (χ1v) is 10.0. The van der Waals surface area contributed by atoms with E-state index in [-0.39, 0.29) is 17.1 Å². The Hall–Kier alpha value is -4.16. The molecule has 0 atom stereocenters. The van der Waals surface area contributed by atoms with Crippen LogP contribution in [-0.4, -0.2) is 38.1 Å². The van der Waals surface area contributed by atoms with Gasteiger partial charge in [-0.25, -0.2) is 19.7 Å². The summed E-state index contributed by atoms with van der Waals surface area (Å²) in [6.07, 6.45) is -6.09. The molecule has 0 fully saturated rings. The maximum absolute atomic E-state index is 13.1. The molecule has 3 aromatic heterocycles. The van der Waals surface area contributed by atoms with Gasteiger partial charge in [0.15, 0.2) is 0 Å². The highest BCUT2D eigenvalue weighted by molar-refractivity contribution is 5.90. The normalized spacial score (nSPS) is 12.1. The van der Waals surface area contributed by atoms with E-state index in [1.165, 1.54) is 25.3 Å². The van der Waals surface area contributed by atoms with E-state index in [9.17, 15) is 31.1 Å². The highest BCUT2D eigenvalue weighted by Gasteiger charge is 2.35. The molecular formula is C22H16F6N6O. The van der Waals surface area contributed by atoms with Crippen molar-refractivity contribution in [3.8, 4) is 22.5 Å². The fourth-order valence-electron chi connectivity index (χ4n) is 3.31. The molecule has 0 unspecified atom stereocenters. The molecule has 7 nitrogen and oxygen atoms in total. The average molecular weight is 494 g/mol. The number of rotatable bonds is 4. The molecule has 0 aliphatic rings. The van der Waals surface area contributed by atoms with E-state index in [1.807, 2.05) is 0 Å². The van der Waals surface area contributed by atoms with Crippen molar-refractivity contribution in [3.63, 3.8) is 0 Å². The number of imidazole rings is 1. The Kier molecular flexibility index (Phi) is 6.09. The molecule has 0 aliphatic heterocycles. The van der Waals surface area contributed by atoms with Crippen LogP contribution in [0.4, 0.5) is 36.8 Å². The molecule has 0 spiro atoms. The number of nitrogens with zero attached hydrogens (tertiary/aromatic N) is 4. The number of amides is 2. The third kappa shape index (κ3) is 5.67. The number of nitrogens with one attached hydrogen (secondary N) is 2. The number of fused-ring (bicyclic) bond motifs is 1. The van der Waals surface area contributed by atoms with Crippen LogP contribution >= 0.6 is 0 Å². The topological polar surface area (TPSA) is 84.2 Å². The number of urea groups is 1. The van der Waals surface area contributed by atoms with Crippen molar-refractivity contribution in [3.05, 3.63) is 66.4 Å². The number of aromatic nitrogens is 4. The molecule has 0 aliphatic carbocycles. The van der Waals surface area contributed by atoms with Gasteiger partial charge in [-0.05, 0) is 37.3 Å². The molecule has 4 rings (SSSR count). The van der Waals surface area contributed by atoms with E-state index < -0.39 is 30.8 Å². The second-order valence-electron chi connectivity index (χ2n) is 7.51. The monoisotopic (exact) mass is 494 g/mol. The summed E-state index contributed by atoms with van der Waals surface area (Å²) >= 11 is 0. The van der Waals surface area contributed by atoms with Gasteiger partial charge in [0.2, 0.25) is 5.82 Å². The van der Waals surface area contributed by atoms with Gasteiger partial charge < -0.3 is 10.6 Å². The average Bonchev–Trinajstić information content (AvgIpc) is 3.20. The zero-order valence-corrected chi connectivity index (χ0v) is 17.9. The molecule has 2 N–H and O–H groups in total. The summed E-state index contributed by atoms with van der Waals surface area (Å²) in [4.78, 5) is 23.1. The second kappa shape index (κ2) is 8.89. The minimum atomic E-state index is -4.69. The van der Waals surface area contributed by atoms with Gasteiger partial charge in [-0.3, -0.25) is 4.40 Å². The Morgan fingerprint density at radius 1 is 1.00 bits per heavy atom. The lowest BCUT2D eigenvalue weighted by Gasteiger charge is -2.11. The van der Waals surface area contributed by atoms with E-state index in [0.717, 1.165) is 0 Å². The number of anilines is 1. The summed E-state index contributed by atoms with van der Waals surface area (Å²) in [5.41, 5.74) is 2.51. The molecule has 0 saturated carbocycles. The lowest BCUT2D eigenvalue weighted by Crippen LogP contribution is -2.36. The fraction of sp³-hybridized carbons (Fsp3) is 0.182. The Balaban J connectivity index is 1.61. The molecule has 2 amide bonds. The maximum Gasteiger partial charge on any atom is 0.451 e. The van der Waals surface area contributed by atoms with Crippen LogP contribution in [0, 0.1) is 6.92 Å². The third-order valence-electron chi connectivity index (χ3n) is 4.78. The molecule has 3 heterocycles. The van der Waals surface area contributed by atoms with Crippen LogP contribution in [-0.2, 0) is 6.18 Å². The number of benzene rings is 1. The standard InChI is InChI=1S/C22H16F6N6O/c1-12-7-16(33-19(31-12)22(26,27)28)13-5-6-34-17(10-29-18(34)9-13)14-3-2-4-15(8-14)32-20(35)30-11-21(23,24)25/h2-10H,11H2,1H3,(H2,30,32,35). The molecule has 0 saturated heterocycles. The van der Waals surface area contributed by atoms with Crippen LogP contribution in [0.25, 0.3) is 28.2 Å². The molecule has 0 radical (unpaired) electrons. The predicted octanol–water partition coefficient (Wildman–Crippen LogP) is 5.47. The van der Waals surface area contributed by atoms with Gasteiger partial charge in [0.1, 0.15) is 12.2 Å². The van der Waals surface area contributed by atoms with Crippen LogP contribution in [0.15, 0.2) is 54.9 Å². The van der Waals surface area contributed by atoms with Crippen LogP contribution < -0.4 is 10.6 Å². The van der Waals surface area contributed by atoms with Crippen molar-refractivity contribution >= 4 is 17.4 Å². The van der Waals surface area contributed by atoms with Crippen molar-refractivity contribution < 1.29 is 31.1 Å². The minimum absolute atomic E-state index is 0.0907. The van der Waals surface area contributed by atoms with Gasteiger partial charge in [0.25, 0.3) is 0 Å². The number of halogens is 6. The zero-order valence-electron chi connectivity index (χ0n) is 17.9. The van der Waals surface area contributed by atoms with Crippen LogP contribution in [0.2, 0.25) is 0 Å². The van der Waals surface area contributed by atoms with Gasteiger partial charge in [0.05, 0.1) is 17.6 Å². The van der Waals surface area contributed by atoms with E-state index in [0.29, 0.717) is 22.5 Å². The molecule has 13 heteroatoms. The highest BCUT2D eigenvalue weighted by atomic mass is 19.4. The first-order chi connectivity index (χ1) is 16.4. The Bertz CT molecular complexity index is 1400. The fourth-order valence-corrected chi connectivity index (χ4v) is 3.31. The lowest BCUT2D eigenvalue weighted by atomic mass is 10.1. The van der Waals surface area contributed by atoms with Gasteiger partial charge >= 0.3 is 18.4 Å². The van der Waals surface area contributed by atoms with Crippen molar-refractivity contribution in [2.24, 2.45) is 0 Å². The van der Waals surface area contributed by atoms with Crippen molar-refractivity contribution in [1.82, 2.24) is 24.7 Å². The molecule has 35 heavy (non-hydrogen) atoms. The lowest BCUT2D eigenvalue weighted by molar-refractivity contribution is -0.145. The summed E-state index contributed by atoms with van der Waals surface area (Å²) in [5.74, 6) is -1.24. The molecule has 1 aromatic carbocycles. The Labute approximate surface area is 193 Å². The molecule has 0 bridgehead atoms. The summed E-state index contributed by atoms with van der Waals surface area (Å²) in [6.45, 7) is -0.0264. The largest absolute Gasteiger partial charge is 0.451 e.